The van der Waals surface area contributed by atoms with Crippen molar-refractivity contribution in [1.82, 2.24) is 14.7 Å². The van der Waals surface area contributed by atoms with E-state index in [2.05, 4.69) is 492 Å². The summed E-state index contributed by atoms with van der Waals surface area (Å²) in [7, 11) is 4.19. The second-order valence-corrected chi connectivity index (χ2v) is 30.5. The van der Waals surface area contributed by atoms with E-state index in [0.717, 1.165) is 0 Å². The molecule has 0 bridgehead atoms. The Morgan fingerprint density at radius 1 is 0.220 bits per heavy atom. The first-order chi connectivity index (χ1) is 52.3. The Bertz CT molecular complexity index is 4520. The summed E-state index contributed by atoms with van der Waals surface area (Å²) >= 11 is 0. The van der Waals surface area contributed by atoms with Crippen molar-refractivity contribution < 1.29 is 0 Å². The fourth-order valence-electron chi connectivity index (χ4n) is 15.2. The van der Waals surface area contributed by atoms with Gasteiger partial charge in [0.15, 0.2) is 0 Å². The summed E-state index contributed by atoms with van der Waals surface area (Å²) in [5, 5.41) is 0. The second kappa shape index (κ2) is 36.7. The number of nitrogens with zero attached hydrogens (tertiary/aromatic N) is 12. The number of aryl methyl sites for hydroxylation is 8. The minimum absolute atomic E-state index is 0.262. The van der Waals surface area contributed by atoms with Gasteiger partial charge in [0.05, 0.1) is 0 Å². The third-order valence-electron chi connectivity index (χ3n) is 22.0. The highest BCUT2D eigenvalue weighted by atomic mass is 15.4. The molecule has 0 saturated carbocycles. The molecule has 0 aromatic heterocycles. The van der Waals surface area contributed by atoms with Gasteiger partial charge in [-0.3, -0.25) is 0 Å². The Morgan fingerprint density at radius 2 is 0.468 bits per heavy atom. The molecule has 0 unspecified atom stereocenters. The van der Waals surface area contributed by atoms with Crippen LogP contribution in [-0.4, -0.2) is 71.8 Å². The zero-order valence-corrected chi connectivity index (χ0v) is 69.2. The fourth-order valence-corrected chi connectivity index (χ4v) is 15.2. The smallest absolute Gasteiger partial charge is 0.107 e. The molecule has 0 fully saturated rings. The Kier molecular flexibility index (Phi) is 27.2. The normalized spacial score (nSPS) is 18.7. The van der Waals surface area contributed by atoms with Crippen LogP contribution >= 0.6 is 0 Å². The monoisotopic (exact) mass is 1450 g/mol. The predicted molar refractivity (Wildman–Crippen MR) is 470 cm³/mol. The first-order valence-corrected chi connectivity index (χ1v) is 39.2. The van der Waals surface area contributed by atoms with Crippen molar-refractivity contribution in [1.29, 1.82) is 0 Å². The molecule has 0 saturated heterocycles. The van der Waals surface area contributed by atoms with Gasteiger partial charge in [0.25, 0.3) is 0 Å². The summed E-state index contributed by atoms with van der Waals surface area (Å²) < 4.78 is 0. The molecule has 6 aliphatic heterocycles. The summed E-state index contributed by atoms with van der Waals surface area (Å²) in [6.45, 7) is 44.3. The third kappa shape index (κ3) is 18.6. The number of hydrogen-bond acceptors (Lipinski definition) is 12. The van der Waals surface area contributed by atoms with E-state index in [1.54, 1.807) is 0 Å². The van der Waals surface area contributed by atoms with Gasteiger partial charge in [-0.1, -0.05) is 191 Å². The van der Waals surface area contributed by atoms with Gasteiger partial charge in [0.2, 0.25) is 0 Å². The lowest BCUT2D eigenvalue weighted by molar-refractivity contribution is 0.263. The molecule has 12 nitrogen and oxygen atoms in total. The summed E-state index contributed by atoms with van der Waals surface area (Å²) in [4.78, 5) is 27.8. The molecule has 9 aromatic rings. The highest BCUT2D eigenvalue weighted by Crippen LogP contribution is 2.41. The average molecular weight is 1460 g/mol. The number of rotatable bonds is 12. The molecule has 0 spiro atoms. The van der Waals surface area contributed by atoms with Crippen LogP contribution in [0.3, 0.4) is 0 Å². The maximum absolute atomic E-state index is 2.44. The van der Waals surface area contributed by atoms with Crippen molar-refractivity contribution in [2.75, 3.05) is 58.2 Å². The molecule has 0 aliphatic carbocycles. The van der Waals surface area contributed by atoms with Gasteiger partial charge in [-0.25, -0.2) is 0 Å². The molecule has 6 heterocycles. The first kappa shape index (κ1) is 80.6. The molecule has 6 aliphatic rings. The van der Waals surface area contributed by atoms with Crippen molar-refractivity contribution in [3.63, 3.8) is 0 Å². The van der Waals surface area contributed by atoms with E-state index < -0.39 is 0 Å². The van der Waals surface area contributed by atoms with Crippen LogP contribution < -0.4 is 44.1 Å². The quantitative estimate of drug-likeness (QED) is 0.117. The standard InChI is InChI=1S/C23H30N2.C19H22N2.C17H18N2.C14H20N2.2C12H16N2/c1-16(2)20-11-9-12-21(17(3)4)23(20)25-15-14-24(19(25)6)22-13-8-7-10-18(22)5;1-14-8-5-6-11-18(14)20-12-13-21(17(20)4)19-15(2)9-7-10-16(19)3;1-14-8-6-7-11-17(14)19-13-12-18(15(19)2)16-9-4-3-5-10-16;1-11(2)15-9-10-16(13(15)4)14-8-6-5-7-12(14)3;2*1-10-6-4-5-7-12(10)14-9-8-13(3)11(14)2/h7-17,19H,1-6H3;5-13,17H,1-4H3;3-13,15H,1-2H3;5-11,13H,1-4H3;2*4-9,11H,1-3H3/t19-;17-;15-;13-;2*11-/m001111/s1. The highest BCUT2D eigenvalue weighted by molar-refractivity contribution is 5.71. The molecular formula is C97H122N12. The van der Waals surface area contributed by atoms with Gasteiger partial charge < -0.3 is 58.8 Å². The Labute approximate surface area is 656 Å². The molecular weight excluding hydrogens is 1330 g/mol. The SMILES string of the molecule is Cc1ccccc1N1C=CN(C(C)C)[C@H]1C.Cc1ccccc1N1C=CN(C)[C@H]1C.Cc1ccccc1N1C=CN(C)[C@H]1C.Cc1ccccc1N1C=CN(c2c(C(C)C)cccc2C(C)C)[C@H]1C.Cc1ccccc1N1C=CN(c2c(C)cccc2C)[C@H]1C.Cc1ccccc1N1C=CN(c2ccccc2)[C@H]1C. The topological polar surface area (TPSA) is 38.9 Å². The van der Waals surface area contributed by atoms with E-state index in [4.69, 9.17) is 0 Å². The molecule has 0 amide bonds. The number of benzene rings is 9. The van der Waals surface area contributed by atoms with Gasteiger partial charge in [0.1, 0.15) is 37.0 Å². The number of hydrogen-bond donors (Lipinski definition) is 0. The Hall–Kier alpha value is -11.0. The maximum Gasteiger partial charge on any atom is 0.107 e. The zero-order chi connectivity index (χ0) is 78.3. The van der Waals surface area contributed by atoms with E-state index in [-0.39, 0.29) is 12.3 Å². The van der Waals surface area contributed by atoms with E-state index in [1.165, 1.54) is 107 Å². The van der Waals surface area contributed by atoms with E-state index in [9.17, 15) is 0 Å². The largest absolute Gasteiger partial charge is 0.359 e. The van der Waals surface area contributed by atoms with Crippen LogP contribution in [0.25, 0.3) is 0 Å². The van der Waals surface area contributed by atoms with Crippen molar-refractivity contribution in [3.8, 4) is 0 Å². The number of anilines is 9. The number of para-hydroxylation sites is 9. The van der Waals surface area contributed by atoms with Crippen LogP contribution in [-0.2, 0) is 0 Å². The van der Waals surface area contributed by atoms with Crippen LogP contribution in [0.2, 0.25) is 0 Å². The summed E-state index contributed by atoms with van der Waals surface area (Å²) in [6.07, 6.45) is 28.0. The lowest BCUT2D eigenvalue weighted by atomic mass is 9.92. The second-order valence-electron chi connectivity index (χ2n) is 30.5. The average Bonchev–Trinajstić information content (AvgIpc) is 1.69. The summed E-state index contributed by atoms with van der Waals surface area (Å²) in [5.41, 5.74) is 25.0. The van der Waals surface area contributed by atoms with Crippen molar-refractivity contribution in [3.05, 3.63) is 342 Å². The Balaban J connectivity index is 0.000000141. The minimum Gasteiger partial charge on any atom is -0.359 e. The Morgan fingerprint density at radius 3 is 0.771 bits per heavy atom. The van der Waals surface area contributed by atoms with E-state index in [1.807, 2.05) is 6.07 Å². The van der Waals surface area contributed by atoms with Gasteiger partial charge >= 0.3 is 0 Å². The van der Waals surface area contributed by atoms with Gasteiger partial charge in [-0.05, 0) is 227 Å². The van der Waals surface area contributed by atoms with Gasteiger partial charge in [-0.15, -0.1) is 0 Å². The van der Waals surface area contributed by atoms with Crippen molar-refractivity contribution >= 4 is 51.2 Å². The molecule has 9 aromatic carbocycles. The first-order valence-electron chi connectivity index (χ1n) is 39.2. The summed E-state index contributed by atoms with van der Waals surface area (Å²) in [5.74, 6) is 1.00. The van der Waals surface area contributed by atoms with Crippen molar-refractivity contribution in [2.45, 2.75) is 193 Å². The molecule has 109 heavy (non-hydrogen) atoms. The van der Waals surface area contributed by atoms with Crippen LogP contribution in [0.4, 0.5) is 51.2 Å². The lowest BCUT2D eigenvalue weighted by Crippen LogP contribution is -2.39. The molecule has 0 N–H and O–H groups in total. The molecule has 570 valence electrons. The maximum atomic E-state index is 2.44. The van der Waals surface area contributed by atoms with E-state index in [0.29, 0.717) is 42.5 Å². The zero-order valence-electron chi connectivity index (χ0n) is 69.2. The van der Waals surface area contributed by atoms with Crippen molar-refractivity contribution in [2.24, 2.45) is 0 Å². The summed E-state index contributed by atoms with van der Waals surface area (Å²) in [6, 6.07) is 75.4. The van der Waals surface area contributed by atoms with Crippen LogP contribution in [0, 0.1) is 55.4 Å². The van der Waals surface area contributed by atoms with Crippen LogP contribution in [0.1, 0.15) is 151 Å². The molecule has 0 radical (unpaired) electrons. The lowest BCUT2D eigenvalue weighted by Gasteiger charge is -2.34. The van der Waals surface area contributed by atoms with Crippen LogP contribution in [0.5, 0.6) is 0 Å². The van der Waals surface area contributed by atoms with Gasteiger partial charge in [0, 0.05) is 146 Å². The minimum atomic E-state index is 0.262. The van der Waals surface area contributed by atoms with E-state index >= 15 is 0 Å². The van der Waals surface area contributed by atoms with Crippen LogP contribution in [0.15, 0.2) is 287 Å². The highest BCUT2D eigenvalue weighted by Gasteiger charge is 2.32. The fraction of sp³-hybridized carbons (Fsp3) is 0.320. The third-order valence-corrected chi connectivity index (χ3v) is 22.0. The molecule has 6 atom stereocenters. The van der Waals surface area contributed by atoms with Gasteiger partial charge in [-0.2, -0.15) is 0 Å². The molecule has 12 heteroatoms. The molecule has 15 rings (SSSR count). The predicted octanol–water partition coefficient (Wildman–Crippen LogP) is 23.8.